The monoisotopic (exact) mass is 482 g/mol. The van der Waals surface area contributed by atoms with Crippen LogP contribution in [0.25, 0.3) is 0 Å². The molecule has 0 aliphatic heterocycles. The van der Waals surface area contributed by atoms with E-state index in [1.165, 1.54) is 10.6 Å². The van der Waals surface area contributed by atoms with E-state index >= 15 is 4.57 Å². The lowest BCUT2D eigenvalue weighted by atomic mass is 10.0. The second-order valence-corrected chi connectivity index (χ2v) is 13.8. The van der Waals surface area contributed by atoms with Crippen LogP contribution in [0.4, 0.5) is 0 Å². The fourth-order valence-electron chi connectivity index (χ4n) is 4.87. The Morgan fingerprint density at radius 1 is 0.618 bits per heavy atom. The van der Waals surface area contributed by atoms with Gasteiger partial charge >= 0.3 is 0 Å². The lowest BCUT2D eigenvalue weighted by Gasteiger charge is -2.38. The molecular weight excluding hydrogens is 454 g/mol. The van der Waals surface area contributed by atoms with E-state index in [0.29, 0.717) is 12.8 Å². The molecule has 0 spiro atoms. The van der Waals surface area contributed by atoms with Gasteiger partial charge in [-0.15, -0.1) is 0 Å². The molecule has 0 unspecified atom stereocenters. The summed E-state index contributed by atoms with van der Waals surface area (Å²) in [5, 5.41) is 16.1. The Hall–Kier alpha value is -2.76. The molecule has 34 heavy (non-hydrogen) atoms. The molecule has 2 nitrogen and oxygen atoms in total. The summed E-state index contributed by atoms with van der Waals surface area (Å²) in [7, 11) is -3.99. The topological polar surface area (TPSA) is 37.3 Å². The third kappa shape index (κ3) is 4.47. The van der Waals surface area contributed by atoms with Crippen LogP contribution in [0.2, 0.25) is 0 Å². The Morgan fingerprint density at radius 2 is 1.03 bits per heavy atom. The van der Waals surface area contributed by atoms with E-state index in [0.717, 1.165) is 15.9 Å². The first-order valence-corrected chi connectivity index (χ1v) is 14.8. The van der Waals surface area contributed by atoms with Gasteiger partial charge in [0.15, 0.2) is 0 Å². The van der Waals surface area contributed by atoms with Crippen molar-refractivity contribution < 1.29 is 9.67 Å². The molecule has 4 heteroatoms. The molecule has 2 atom stereocenters. The number of aliphatic hydroxyl groups excluding tert-OH is 1. The highest BCUT2D eigenvalue weighted by Crippen LogP contribution is 2.61. The minimum Gasteiger partial charge on any atom is -0.389 e. The summed E-state index contributed by atoms with van der Waals surface area (Å²) in [6.07, 6.45) is 2.79. The Bertz CT molecular complexity index is 1210. The summed E-state index contributed by atoms with van der Waals surface area (Å²) in [6, 6.07) is 40.8. The van der Waals surface area contributed by atoms with Crippen molar-refractivity contribution in [3.8, 4) is 0 Å². The molecule has 0 saturated heterocycles. The van der Waals surface area contributed by atoms with Gasteiger partial charge in [-0.25, -0.2) is 0 Å². The normalized spacial score (nSPS) is 18.5. The molecule has 0 saturated carbocycles. The molecule has 4 aromatic carbocycles. The maximum atomic E-state index is 15.3. The summed E-state index contributed by atoms with van der Waals surface area (Å²) >= 11 is 0. The smallest absolute Gasteiger partial charge is 0.150 e. The van der Waals surface area contributed by atoms with Crippen molar-refractivity contribution in [2.45, 2.75) is 24.6 Å². The van der Waals surface area contributed by atoms with Crippen LogP contribution in [0, 0.1) is 0 Å². The zero-order valence-electron chi connectivity index (χ0n) is 18.9. The van der Waals surface area contributed by atoms with Gasteiger partial charge in [0.2, 0.25) is 0 Å². The van der Waals surface area contributed by atoms with Crippen molar-refractivity contribution in [1.29, 1.82) is 0 Å². The van der Waals surface area contributed by atoms with Crippen molar-refractivity contribution in [2.75, 3.05) is 0 Å². The largest absolute Gasteiger partial charge is 0.389 e. The van der Waals surface area contributed by atoms with Crippen LogP contribution in [0.5, 0.6) is 0 Å². The average Bonchev–Trinajstić information content (AvgIpc) is 2.91. The molecule has 5 rings (SSSR count). The van der Waals surface area contributed by atoms with E-state index in [4.69, 9.17) is 0 Å². The fraction of sp³-hybridized carbons (Fsp3) is 0.133. The van der Waals surface area contributed by atoms with Crippen LogP contribution in [0.3, 0.4) is 0 Å². The minimum absolute atomic E-state index is 0.174. The highest BCUT2D eigenvalue weighted by Gasteiger charge is 2.43. The predicted octanol–water partition coefficient (Wildman–Crippen LogP) is 5.54. The van der Waals surface area contributed by atoms with Crippen LogP contribution in [0.15, 0.2) is 133 Å². The maximum absolute atomic E-state index is 15.3. The van der Waals surface area contributed by atoms with E-state index in [2.05, 4.69) is 48.5 Å². The second kappa shape index (κ2) is 10.2. The number of benzene rings is 4. The van der Waals surface area contributed by atoms with Gasteiger partial charge in [-0.3, -0.25) is 0 Å². The minimum atomic E-state index is -3.04. The van der Waals surface area contributed by atoms with Gasteiger partial charge in [0, 0.05) is 16.3 Å². The summed E-state index contributed by atoms with van der Waals surface area (Å²) in [4.78, 5) is 0. The second-order valence-electron chi connectivity index (χ2n) is 8.59. The van der Waals surface area contributed by atoms with Crippen LogP contribution >= 0.6 is 15.1 Å². The molecule has 0 radical (unpaired) electrons. The van der Waals surface area contributed by atoms with Crippen LogP contribution in [0.1, 0.15) is 12.8 Å². The van der Waals surface area contributed by atoms with Gasteiger partial charge in [-0.1, -0.05) is 127 Å². The van der Waals surface area contributed by atoms with E-state index in [1.807, 2.05) is 78.9 Å². The van der Waals surface area contributed by atoms with Crippen molar-refractivity contribution >= 4 is 36.3 Å². The first kappa shape index (κ1) is 23.0. The molecular formula is C30H28O2P2. The third-order valence-corrected chi connectivity index (χ3v) is 12.8. The Labute approximate surface area is 203 Å². The van der Waals surface area contributed by atoms with Gasteiger partial charge in [-0.05, 0) is 36.7 Å². The molecule has 1 aliphatic rings. The summed E-state index contributed by atoms with van der Waals surface area (Å²) in [6.45, 7) is 0. The molecule has 0 heterocycles. The van der Waals surface area contributed by atoms with Gasteiger partial charge in [0.25, 0.3) is 0 Å². The Morgan fingerprint density at radius 3 is 1.47 bits per heavy atom. The van der Waals surface area contributed by atoms with Crippen molar-refractivity contribution in [3.63, 3.8) is 0 Å². The molecule has 0 bridgehead atoms. The zero-order valence-corrected chi connectivity index (χ0v) is 20.7. The van der Waals surface area contributed by atoms with Crippen molar-refractivity contribution in [3.05, 3.63) is 133 Å². The van der Waals surface area contributed by atoms with E-state index in [-0.39, 0.29) is 5.66 Å². The molecule has 0 amide bonds. The number of allylic oxidation sites excluding steroid dienone is 1. The summed E-state index contributed by atoms with van der Waals surface area (Å²) in [5.74, 6) is 0. The number of hydrogen-bond donors (Lipinski definition) is 1. The quantitative estimate of drug-likeness (QED) is 0.367. The van der Waals surface area contributed by atoms with E-state index in [9.17, 15) is 5.11 Å². The average molecular weight is 483 g/mol. The van der Waals surface area contributed by atoms with Crippen molar-refractivity contribution in [1.82, 2.24) is 0 Å². The molecule has 4 aromatic rings. The fourth-order valence-corrected chi connectivity index (χ4v) is 11.5. The van der Waals surface area contributed by atoms with Crippen LogP contribution in [-0.4, -0.2) is 16.9 Å². The van der Waals surface area contributed by atoms with Gasteiger partial charge in [0.1, 0.15) is 7.14 Å². The standard InChI is InChI=1S/C30H28O2P2/c31-24-21-22-30(34(32,27-17-9-3-10-18-27)28-19-11-4-12-20-28)29(23-24)33(25-13-5-1-6-14-25)26-15-7-2-8-16-26/h1-20,23-24,30-31H,21-22H2/t24-,30+/m0/s1. The lowest BCUT2D eigenvalue weighted by Crippen LogP contribution is -2.32. The Balaban J connectivity index is 1.74. The van der Waals surface area contributed by atoms with Crippen molar-refractivity contribution in [2.24, 2.45) is 0 Å². The highest BCUT2D eigenvalue weighted by molar-refractivity contribution is 7.82. The molecule has 0 fully saturated rings. The molecule has 1 aliphatic carbocycles. The molecule has 1 N–H and O–H groups in total. The van der Waals surface area contributed by atoms with E-state index < -0.39 is 21.2 Å². The van der Waals surface area contributed by atoms with Gasteiger partial charge < -0.3 is 9.67 Å². The number of rotatable bonds is 6. The number of hydrogen-bond acceptors (Lipinski definition) is 2. The van der Waals surface area contributed by atoms with Gasteiger partial charge in [-0.2, -0.15) is 0 Å². The molecule has 170 valence electrons. The zero-order chi connectivity index (χ0) is 23.4. The first-order chi connectivity index (χ1) is 16.7. The predicted molar refractivity (Wildman–Crippen MR) is 146 cm³/mol. The van der Waals surface area contributed by atoms with E-state index in [1.54, 1.807) is 0 Å². The Kier molecular flexibility index (Phi) is 6.93. The van der Waals surface area contributed by atoms with Crippen LogP contribution in [-0.2, 0) is 4.57 Å². The maximum Gasteiger partial charge on any atom is 0.150 e. The first-order valence-electron chi connectivity index (χ1n) is 11.7. The lowest BCUT2D eigenvalue weighted by molar-refractivity contribution is 0.204. The summed E-state index contributed by atoms with van der Waals surface area (Å²) in [5.41, 5.74) is -0.174. The highest BCUT2D eigenvalue weighted by atomic mass is 31.2. The van der Waals surface area contributed by atoms with Crippen LogP contribution < -0.4 is 21.2 Å². The SMILES string of the molecule is O=P(c1ccccc1)(c1ccccc1)[C@@H]1CC[C@H](O)C=C1P(c1ccccc1)c1ccccc1. The molecule has 0 aromatic heterocycles. The van der Waals surface area contributed by atoms with Gasteiger partial charge in [0.05, 0.1) is 6.10 Å². The summed E-state index contributed by atoms with van der Waals surface area (Å²) < 4.78 is 15.3. The number of aliphatic hydroxyl groups is 1. The third-order valence-electron chi connectivity index (χ3n) is 6.45.